The van der Waals surface area contributed by atoms with Gasteiger partial charge in [0.15, 0.2) is 0 Å². The maximum absolute atomic E-state index is 13.1. The summed E-state index contributed by atoms with van der Waals surface area (Å²) < 4.78 is 6.12. The van der Waals surface area contributed by atoms with Gasteiger partial charge in [0, 0.05) is 10.9 Å². The number of rotatable bonds is 3. The van der Waals surface area contributed by atoms with Gasteiger partial charge in [0.2, 0.25) is 0 Å². The number of hydrogen-bond acceptors (Lipinski definition) is 5. The molecule has 3 aromatic rings. The molecule has 0 radical (unpaired) electrons. The third kappa shape index (κ3) is 2.74. The van der Waals surface area contributed by atoms with E-state index in [-0.39, 0.29) is 5.56 Å². The van der Waals surface area contributed by atoms with Crippen LogP contribution in [0.5, 0.6) is 0 Å². The van der Waals surface area contributed by atoms with Crippen LogP contribution in [-0.2, 0) is 22.4 Å². The van der Waals surface area contributed by atoms with E-state index >= 15 is 0 Å². The highest BCUT2D eigenvalue weighted by molar-refractivity contribution is 7.17. The van der Waals surface area contributed by atoms with Gasteiger partial charge in [0.1, 0.15) is 10.9 Å². The van der Waals surface area contributed by atoms with Crippen molar-refractivity contribution in [2.75, 3.05) is 7.11 Å². The molecular weight excluding hydrogens is 348 g/mol. The molecule has 4 rings (SSSR count). The summed E-state index contributed by atoms with van der Waals surface area (Å²) in [6.07, 6.45) is 6.11. The molecule has 1 aliphatic carbocycles. The molecule has 2 heterocycles. The van der Waals surface area contributed by atoms with Gasteiger partial charge in [-0.1, -0.05) is 18.2 Å². The van der Waals surface area contributed by atoms with E-state index in [0.717, 1.165) is 24.0 Å². The number of fused-ring (bicyclic) bond motifs is 2. The highest BCUT2D eigenvalue weighted by Crippen LogP contribution is 2.33. The number of ether oxygens (including phenoxy) is 1. The second kappa shape index (κ2) is 6.68. The number of aromatic nitrogens is 2. The Morgan fingerprint density at radius 3 is 2.81 bits per heavy atom. The Kier molecular flexibility index (Phi) is 4.36. The van der Waals surface area contributed by atoms with E-state index < -0.39 is 12.0 Å². The molecule has 2 aromatic heterocycles. The van der Waals surface area contributed by atoms with Crippen molar-refractivity contribution in [1.29, 1.82) is 0 Å². The second-order valence-electron chi connectivity index (χ2n) is 6.68. The van der Waals surface area contributed by atoms with Crippen molar-refractivity contribution in [3.63, 3.8) is 0 Å². The zero-order chi connectivity index (χ0) is 18.3. The molecule has 0 amide bonds. The van der Waals surface area contributed by atoms with Crippen LogP contribution in [0.15, 0.2) is 34.7 Å². The molecule has 0 fully saturated rings. The number of nitrogens with zero attached hydrogens (tertiary/aromatic N) is 2. The van der Waals surface area contributed by atoms with E-state index in [2.05, 4.69) is 23.2 Å². The zero-order valence-corrected chi connectivity index (χ0v) is 15.6. The third-order valence-corrected chi connectivity index (χ3v) is 6.02. The predicted octanol–water partition coefficient (Wildman–Crippen LogP) is 3.74. The lowest BCUT2D eigenvalue weighted by atomic mass is 9.89. The standard InChI is InChI=1S/C20H20N2O3S/c1-12(20(24)25-2)22-11-21-18-17(19(22)23)16(10-26-18)15-8-7-13-5-3-4-6-14(13)9-15/h7-12H,3-6H2,1-2H3. The summed E-state index contributed by atoms with van der Waals surface area (Å²) in [6, 6.07) is 5.77. The molecule has 1 unspecified atom stereocenters. The Bertz CT molecular complexity index is 1050. The summed E-state index contributed by atoms with van der Waals surface area (Å²) in [7, 11) is 1.32. The summed E-state index contributed by atoms with van der Waals surface area (Å²) in [6.45, 7) is 1.64. The Morgan fingerprint density at radius 2 is 2.04 bits per heavy atom. The van der Waals surface area contributed by atoms with Crippen LogP contribution >= 0.6 is 11.3 Å². The number of carbonyl (C=O) groups excluding carboxylic acids is 1. The van der Waals surface area contributed by atoms with E-state index in [9.17, 15) is 9.59 Å². The molecule has 0 spiro atoms. The molecule has 0 aliphatic heterocycles. The topological polar surface area (TPSA) is 61.2 Å². The van der Waals surface area contributed by atoms with Crippen LogP contribution in [0.4, 0.5) is 0 Å². The Morgan fingerprint density at radius 1 is 1.27 bits per heavy atom. The molecule has 0 bridgehead atoms. The molecular formula is C20H20N2O3S. The fourth-order valence-corrected chi connectivity index (χ4v) is 4.53. The number of methoxy groups -OCH3 is 1. The Balaban J connectivity index is 1.86. The minimum absolute atomic E-state index is 0.207. The number of thiophene rings is 1. The second-order valence-corrected chi connectivity index (χ2v) is 7.53. The quantitative estimate of drug-likeness (QED) is 0.661. The number of esters is 1. The first-order valence-corrected chi connectivity index (χ1v) is 9.66. The first kappa shape index (κ1) is 17.0. The largest absolute Gasteiger partial charge is 0.467 e. The van der Waals surface area contributed by atoms with Crippen molar-refractivity contribution in [3.8, 4) is 11.1 Å². The van der Waals surface area contributed by atoms with Gasteiger partial charge < -0.3 is 4.74 Å². The third-order valence-electron chi connectivity index (χ3n) is 5.14. The minimum Gasteiger partial charge on any atom is -0.467 e. The van der Waals surface area contributed by atoms with Gasteiger partial charge in [-0.05, 0) is 49.3 Å². The zero-order valence-electron chi connectivity index (χ0n) is 14.8. The van der Waals surface area contributed by atoms with Crippen LogP contribution < -0.4 is 5.56 Å². The predicted molar refractivity (Wildman–Crippen MR) is 103 cm³/mol. The van der Waals surface area contributed by atoms with Crippen molar-refractivity contribution in [1.82, 2.24) is 9.55 Å². The first-order chi connectivity index (χ1) is 12.6. The Hall–Kier alpha value is -2.47. The number of benzene rings is 1. The van der Waals surface area contributed by atoms with E-state index in [1.807, 2.05) is 5.38 Å². The molecule has 5 nitrogen and oxygen atoms in total. The van der Waals surface area contributed by atoms with Gasteiger partial charge in [-0.2, -0.15) is 0 Å². The summed E-state index contributed by atoms with van der Waals surface area (Å²) >= 11 is 1.45. The number of aryl methyl sites for hydroxylation is 2. The monoisotopic (exact) mass is 368 g/mol. The summed E-state index contributed by atoms with van der Waals surface area (Å²) in [5.74, 6) is -0.459. The van der Waals surface area contributed by atoms with Gasteiger partial charge in [0.05, 0.1) is 18.8 Å². The molecule has 0 saturated carbocycles. The van der Waals surface area contributed by atoms with E-state index in [4.69, 9.17) is 4.74 Å². The highest BCUT2D eigenvalue weighted by Gasteiger charge is 2.21. The maximum Gasteiger partial charge on any atom is 0.328 e. The lowest BCUT2D eigenvalue weighted by molar-refractivity contribution is -0.144. The molecule has 26 heavy (non-hydrogen) atoms. The lowest BCUT2D eigenvalue weighted by Crippen LogP contribution is -2.29. The molecule has 1 aromatic carbocycles. The minimum atomic E-state index is -0.708. The molecule has 0 saturated heterocycles. The van der Waals surface area contributed by atoms with Crippen LogP contribution in [0.25, 0.3) is 21.3 Å². The molecule has 1 atom stereocenters. The number of hydrogen-bond donors (Lipinski definition) is 0. The summed E-state index contributed by atoms with van der Waals surface area (Å²) in [4.78, 5) is 30.0. The van der Waals surface area contributed by atoms with Crippen molar-refractivity contribution < 1.29 is 9.53 Å². The Labute approximate surface area is 155 Å². The van der Waals surface area contributed by atoms with Crippen LogP contribution in [0.3, 0.4) is 0 Å². The van der Waals surface area contributed by atoms with Crippen molar-refractivity contribution in [3.05, 3.63) is 51.4 Å². The lowest BCUT2D eigenvalue weighted by Gasteiger charge is -2.16. The molecule has 0 N–H and O–H groups in total. The van der Waals surface area contributed by atoms with Gasteiger partial charge in [-0.15, -0.1) is 11.3 Å². The van der Waals surface area contributed by atoms with Crippen molar-refractivity contribution >= 4 is 27.5 Å². The van der Waals surface area contributed by atoms with Crippen LogP contribution in [0.1, 0.15) is 36.9 Å². The smallest absolute Gasteiger partial charge is 0.328 e. The fraction of sp³-hybridized carbons (Fsp3) is 0.350. The summed E-state index contributed by atoms with van der Waals surface area (Å²) in [5, 5.41) is 2.56. The fourth-order valence-electron chi connectivity index (χ4n) is 3.62. The van der Waals surface area contributed by atoms with Crippen molar-refractivity contribution in [2.24, 2.45) is 0 Å². The van der Waals surface area contributed by atoms with Crippen LogP contribution in [-0.4, -0.2) is 22.6 Å². The molecule has 6 heteroatoms. The van der Waals surface area contributed by atoms with Gasteiger partial charge in [-0.3, -0.25) is 9.36 Å². The maximum atomic E-state index is 13.1. The SMILES string of the molecule is COC(=O)C(C)n1cnc2scc(-c3ccc4c(c3)CCCC4)c2c1=O. The van der Waals surface area contributed by atoms with Gasteiger partial charge in [0.25, 0.3) is 5.56 Å². The van der Waals surface area contributed by atoms with Gasteiger partial charge >= 0.3 is 5.97 Å². The van der Waals surface area contributed by atoms with Crippen LogP contribution in [0, 0.1) is 0 Å². The van der Waals surface area contributed by atoms with Crippen molar-refractivity contribution in [2.45, 2.75) is 38.6 Å². The van der Waals surface area contributed by atoms with Crippen LogP contribution in [0.2, 0.25) is 0 Å². The van der Waals surface area contributed by atoms with E-state index in [1.165, 1.54) is 53.3 Å². The average Bonchev–Trinajstić information content (AvgIpc) is 3.11. The highest BCUT2D eigenvalue weighted by atomic mass is 32.1. The first-order valence-electron chi connectivity index (χ1n) is 8.78. The average molecular weight is 368 g/mol. The van der Waals surface area contributed by atoms with E-state index in [1.54, 1.807) is 6.92 Å². The normalized spacial score (nSPS) is 14.8. The van der Waals surface area contributed by atoms with E-state index in [0.29, 0.717) is 10.2 Å². The molecule has 134 valence electrons. The number of carbonyl (C=O) groups is 1. The molecule has 1 aliphatic rings. The summed E-state index contributed by atoms with van der Waals surface area (Å²) in [5.41, 5.74) is 4.51. The van der Waals surface area contributed by atoms with Gasteiger partial charge in [-0.25, -0.2) is 9.78 Å².